The SMILES string of the molecule is CCCCSCCCC.[LiH]. The minimum absolute atomic E-state index is 0. The van der Waals surface area contributed by atoms with Gasteiger partial charge in [-0.1, -0.05) is 26.7 Å². The van der Waals surface area contributed by atoms with Gasteiger partial charge in [-0.3, -0.25) is 0 Å². The predicted molar refractivity (Wildman–Crippen MR) is 54.3 cm³/mol. The summed E-state index contributed by atoms with van der Waals surface area (Å²) in [5.41, 5.74) is 0. The van der Waals surface area contributed by atoms with Gasteiger partial charge in [0, 0.05) is 0 Å². The van der Waals surface area contributed by atoms with Crippen molar-refractivity contribution in [1.82, 2.24) is 0 Å². The summed E-state index contributed by atoms with van der Waals surface area (Å²) in [6, 6.07) is 0. The Kier molecular flexibility index (Phi) is 17.1. The molecule has 58 valence electrons. The normalized spacial score (nSPS) is 9.00. The van der Waals surface area contributed by atoms with Crippen LogP contribution in [0.15, 0.2) is 0 Å². The van der Waals surface area contributed by atoms with Crippen LogP contribution in [0, 0.1) is 0 Å². The van der Waals surface area contributed by atoms with E-state index in [1.165, 1.54) is 37.2 Å². The molecular formula is C8H19LiS. The van der Waals surface area contributed by atoms with Crippen LogP contribution in [0.4, 0.5) is 0 Å². The van der Waals surface area contributed by atoms with Crippen LogP contribution >= 0.6 is 11.8 Å². The maximum absolute atomic E-state index is 2.25. The molecule has 0 aromatic carbocycles. The molecule has 0 aliphatic rings. The summed E-state index contributed by atoms with van der Waals surface area (Å²) in [6.45, 7) is 4.50. The average molecular weight is 154 g/mol. The zero-order chi connectivity index (χ0) is 6.95. The second kappa shape index (κ2) is 12.6. The monoisotopic (exact) mass is 154 g/mol. The van der Waals surface area contributed by atoms with Crippen molar-refractivity contribution in [2.45, 2.75) is 39.5 Å². The molecule has 0 N–H and O–H groups in total. The van der Waals surface area contributed by atoms with E-state index in [4.69, 9.17) is 0 Å². The van der Waals surface area contributed by atoms with Crippen molar-refractivity contribution in [3.8, 4) is 0 Å². The van der Waals surface area contributed by atoms with Gasteiger partial charge >= 0.3 is 18.9 Å². The van der Waals surface area contributed by atoms with E-state index in [-0.39, 0.29) is 18.9 Å². The Hall–Kier alpha value is 0.947. The summed E-state index contributed by atoms with van der Waals surface area (Å²) in [5, 5.41) is 0. The van der Waals surface area contributed by atoms with Gasteiger partial charge in [-0.2, -0.15) is 11.8 Å². The molecule has 0 aliphatic heterocycles. The molecule has 0 aliphatic carbocycles. The molecular weight excluding hydrogens is 135 g/mol. The fourth-order valence-electron chi connectivity index (χ4n) is 0.595. The van der Waals surface area contributed by atoms with Crippen LogP contribution in [0.3, 0.4) is 0 Å². The summed E-state index contributed by atoms with van der Waals surface area (Å²) in [6.07, 6.45) is 5.49. The molecule has 0 heterocycles. The van der Waals surface area contributed by atoms with E-state index in [1.807, 2.05) is 0 Å². The molecule has 0 bridgehead atoms. The van der Waals surface area contributed by atoms with Crippen LogP contribution in [0.5, 0.6) is 0 Å². The molecule has 10 heavy (non-hydrogen) atoms. The third-order valence-corrected chi connectivity index (χ3v) is 2.44. The van der Waals surface area contributed by atoms with Gasteiger partial charge in [-0.05, 0) is 24.3 Å². The summed E-state index contributed by atoms with van der Waals surface area (Å²) < 4.78 is 0. The predicted octanol–water partition coefficient (Wildman–Crippen LogP) is 2.67. The van der Waals surface area contributed by atoms with Crippen LogP contribution < -0.4 is 0 Å². The molecule has 0 unspecified atom stereocenters. The Morgan fingerprint density at radius 1 is 0.900 bits per heavy atom. The number of hydrogen-bond donors (Lipinski definition) is 0. The van der Waals surface area contributed by atoms with E-state index in [2.05, 4.69) is 25.6 Å². The Morgan fingerprint density at radius 2 is 1.30 bits per heavy atom. The molecule has 0 atom stereocenters. The first-order valence-corrected chi connectivity index (χ1v) is 5.15. The zero-order valence-electron chi connectivity index (χ0n) is 6.65. The molecule has 0 aromatic rings. The molecule has 2 heteroatoms. The topological polar surface area (TPSA) is 0 Å². The maximum atomic E-state index is 2.25. The van der Waals surface area contributed by atoms with E-state index in [9.17, 15) is 0 Å². The molecule has 0 saturated carbocycles. The molecule has 0 saturated heterocycles. The Bertz CT molecular complexity index is 42.5. The fraction of sp³-hybridized carbons (Fsp3) is 1.00. The van der Waals surface area contributed by atoms with Crippen molar-refractivity contribution >= 4 is 30.6 Å². The second-order valence-corrected chi connectivity index (χ2v) is 3.54. The Labute approximate surface area is 81.7 Å². The van der Waals surface area contributed by atoms with Crippen molar-refractivity contribution in [2.24, 2.45) is 0 Å². The van der Waals surface area contributed by atoms with Gasteiger partial charge in [0.1, 0.15) is 0 Å². The van der Waals surface area contributed by atoms with Gasteiger partial charge < -0.3 is 0 Å². The van der Waals surface area contributed by atoms with Crippen molar-refractivity contribution in [3.05, 3.63) is 0 Å². The second-order valence-electron chi connectivity index (χ2n) is 2.32. The number of hydrogen-bond acceptors (Lipinski definition) is 1. The first kappa shape index (κ1) is 13.5. The van der Waals surface area contributed by atoms with Crippen molar-refractivity contribution in [3.63, 3.8) is 0 Å². The molecule has 0 spiro atoms. The summed E-state index contributed by atoms with van der Waals surface area (Å²) >= 11 is 2.10. The number of unbranched alkanes of at least 4 members (excludes halogenated alkanes) is 2. The molecule has 0 aromatic heterocycles. The minimum atomic E-state index is 0. The molecule has 0 nitrogen and oxygen atoms in total. The van der Waals surface area contributed by atoms with Crippen molar-refractivity contribution < 1.29 is 0 Å². The number of rotatable bonds is 6. The van der Waals surface area contributed by atoms with E-state index in [0.29, 0.717) is 0 Å². The van der Waals surface area contributed by atoms with Gasteiger partial charge in [0.05, 0.1) is 0 Å². The zero-order valence-corrected chi connectivity index (χ0v) is 7.47. The first-order chi connectivity index (χ1) is 4.41. The van der Waals surface area contributed by atoms with Crippen LogP contribution in [-0.4, -0.2) is 30.4 Å². The van der Waals surface area contributed by atoms with Gasteiger partial charge in [0.25, 0.3) is 0 Å². The van der Waals surface area contributed by atoms with Crippen molar-refractivity contribution in [1.29, 1.82) is 0 Å². The van der Waals surface area contributed by atoms with Gasteiger partial charge in [-0.15, -0.1) is 0 Å². The van der Waals surface area contributed by atoms with E-state index >= 15 is 0 Å². The van der Waals surface area contributed by atoms with Crippen LogP contribution in [0.25, 0.3) is 0 Å². The Balaban J connectivity index is 0. The fourth-order valence-corrected chi connectivity index (χ4v) is 1.78. The average Bonchev–Trinajstić information content (AvgIpc) is 1.89. The standard InChI is InChI=1S/C8H18S.Li.H/c1-3-5-7-9-8-6-4-2;;/h3-8H2,1-2H3;;. The van der Waals surface area contributed by atoms with E-state index in [0.717, 1.165) is 0 Å². The van der Waals surface area contributed by atoms with E-state index < -0.39 is 0 Å². The molecule has 0 radical (unpaired) electrons. The van der Waals surface area contributed by atoms with Gasteiger partial charge in [-0.25, -0.2) is 0 Å². The van der Waals surface area contributed by atoms with Gasteiger partial charge in [0.15, 0.2) is 0 Å². The van der Waals surface area contributed by atoms with Crippen LogP contribution in [-0.2, 0) is 0 Å². The third-order valence-electron chi connectivity index (χ3n) is 1.28. The molecule has 0 amide bonds. The summed E-state index contributed by atoms with van der Waals surface area (Å²) in [7, 11) is 0. The number of thioether (sulfide) groups is 1. The quantitative estimate of drug-likeness (QED) is 0.418. The third kappa shape index (κ3) is 11.7. The summed E-state index contributed by atoms with van der Waals surface area (Å²) in [5.74, 6) is 2.74. The van der Waals surface area contributed by atoms with Crippen molar-refractivity contribution in [2.75, 3.05) is 11.5 Å². The molecule has 0 fully saturated rings. The summed E-state index contributed by atoms with van der Waals surface area (Å²) in [4.78, 5) is 0. The Morgan fingerprint density at radius 3 is 1.60 bits per heavy atom. The van der Waals surface area contributed by atoms with Gasteiger partial charge in [0.2, 0.25) is 0 Å². The van der Waals surface area contributed by atoms with E-state index in [1.54, 1.807) is 0 Å². The van der Waals surface area contributed by atoms with Crippen LogP contribution in [0.1, 0.15) is 39.5 Å². The van der Waals surface area contributed by atoms with Crippen LogP contribution in [0.2, 0.25) is 0 Å². The first-order valence-electron chi connectivity index (χ1n) is 3.99. The molecule has 0 rings (SSSR count).